The lowest BCUT2D eigenvalue weighted by Crippen LogP contribution is -2.51. The van der Waals surface area contributed by atoms with Crippen LogP contribution in [-0.4, -0.2) is 36.9 Å². The van der Waals surface area contributed by atoms with E-state index in [9.17, 15) is 4.39 Å². The Morgan fingerprint density at radius 2 is 2.33 bits per heavy atom. The SMILES string of the molecule is CN1CCCC1C1(F)CCCN1. The van der Waals surface area contributed by atoms with Crippen molar-refractivity contribution >= 4 is 0 Å². The summed E-state index contributed by atoms with van der Waals surface area (Å²) in [5.74, 6) is -1.08. The van der Waals surface area contributed by atoms with Gasteiger partial charge in [0.25, 0.3) is 0 Å². The van der Waals surface area contributed by atoms with Gasteiger partial charge in [-0.2, -0.15) is 0 Å². The van der Waals surface area contributed by atoms with Gasteiger partial charge in [-0.3, -0.25) is 10.2 Å². The fourth-order valence-corrected chi connectivity index (χ4v) is 2.50. The van der Waals surface area contributed by atoms with Crippen molar-refractivity contribution in [2.45, 2.75) is 37.5 Å². The molecular formula is C9H17FN2. The fraction of sp³-hybridized carbons (Fsp3) is 1.00. The van der Waals surface area contributed by atoms with E-state index in [4.69, 9.17) is 0 Å². The number of likely N-dealkylation sites (tertiary alicyclic amines) is 1. The summed E-state index contributed by atoms with van der Waals surface area (Å²) >= 11 is 0. The zero-order chi connectivity index (χ0) is 8.60. The molecule has 12 heavy (non-hydrogen) atoms. The highest BCUT2D eigenvalue weighted by atomic mass is 19.1. The molecule has 0 saturated carbocycles. The number of nitrogens with one attached hydrogen (secondary N) is 1. The molecule has 70 valence electrons. The third-order valence-corrected chi connectivity index (χ3v) is 3.18. The summed E-state index contributed by atoms with van der Waals surface area (Å²) in [7, 11) is 2.03. The Morgan fingerprint density at radius 3 is 2.83 bits per heavy atom. The van der Waals surface area contributed by atoms with Gasteiger partial charge in [0.2, 0.25) is 0 Å². The van der Waals surface area contributed by atoms with Gasteiger partial charge in [0.05, 0.1) is 6.04 Å². The summed E-state index contributed by atoms with van der Waals surface area (Å²) in [6, 6.07) is 0.125. The molecule has 0 spiro atoms. The number of hydrogen-bond donors (Lipinski definition) is 1. The highest BCUT2D eigenvalue weighted by Gasteiger charge is 2.44. The number of halogens is 1. The van der Waals surface area contributed by atoms with E-state index in [1.54, 1.807) is 0 Å². The average molecular weight is 172 g/mol. The van der Waals surface area contributed by atoms with E-state index in [0.29, 0.717) is 6.42 Å². The fourth-order valence-electron chi connectivity index (χ4n) is 2.50. The first-order chi connectivity index (χ1) is 5.72. The molecule has 2 fully saturated rings. The summed E-state index contributed by atoms with van der Waals surface area (Å²) in [6.45, 7) is 1.90. The standard InChI is InChI=1S/C9H17FN2/c1-12-7-2-4-8(12)9(10)5-3-6-11-9/h8,11H,2-7H2,1H3. The number of hydrogen-bond acceptors (Lipinski definition) is 2. The molecule has 0 aromatic rings. The molecule has 1 N–H and O–H groups in total. The van der Waals surface area contributed by atoms with Crippen molar-refractivity contribution in [3.63, 3.8) is 0 Å². The monoisotopic (exact) mass is 172 g/mol. The Bertz CT molecular complexity index is 166. The van der Waals surface area contributed by atoms with E-state index in [0.717, 1.165) is 32.4 Å². The Balaban J connectivity index is 2.06. The molecular weight excluding hydrogens is 155 g/mol. The molecule has 0 radical (unpaired) electrons. The quantitative estimate of drug-likeness (QED) is 0.596. The van der Waals surface area contributed by atoms with Gasteiger partial charge < -0.3 is 0 Å². The summed E-state index contributed by atoms with van der Waals surface area (Å²) in [5, 5.41) is 3.00. The molecule has 2 aliphatic heterocycles. The van der Waals surface area contributed by atoms with Crippen molar-refractivity contribution < 1.29 is 4.39 Å². The van der Waals surface area contributed by atoms with E-state index in [1.165, 1.54) is 0 Å². The lowest BCUT2D eigenvalue weighted by atomic mass is 10.0. The normalized spacial score (nSPS) is 44.0. The zero-order valence-corrected chi connectivity index (χ0v) is 7.65. The van der Waals surface area contributed by atoms with Gasteiger partial charge >= 0.3 is 0 Å². The second-order valence-electron chi connectivity index (χ2n) is 4.03. The van der Waals surface area contributed by atoms with Gasteiger partial charge in [-0.05, 0) is 45.8 Å². The van der Waals surface area contributed by atoms with Crippen molar-refractivity contribution in [2.75, 3.05) is 20.1 Å². The predicted octanol–water partition coefficient (Wildman–Crippen LogP) is 1.13. The molecule has 2 rings (SSSR count). The predicted molar refractivity (Wildman–Crippen MR) is 46.7 cm³/mol. The van der Waals surface area contributed by atoms with Crippen LogP contribution in [0.5, 0.6) is 0 Å². The molecule has 0 bridgehead atoms. The van der Waals surface area contributed by atoms with E-state index in [2.05, 4.69) is 10.2 Å². The van der Waals surface area contributed by atoms with Gasteiger partial charge in [-0.25, -0.2) is 4.39 Å². The lowest BCUT2D eigenvalue weighted by Gasteiger charge is -2.32. The zero-order valence-electron chi connectivity index (χ0n) is 7.65. The molecule has 2 saturated heterocycles. The number of alkyl halides is 1. The van der Waals surface area contributed by atoms with Crippen LogP contribution >= 0.6 is 0 Å². The van der Waals surface area contributed by atoms with Crippen LogP contribution < -0.4 is 5.32 Å². The maximum atomic E-state index is 14.1. The third-order valence-electron chi connectivity index (χ3n) is 3.18. The summed E-state index contributed by atoms with van der Waals surface area (Å²) in [5.41, 5.74) is 0. The Labute approximate surface area is 73.1 Å². The second-order valence-corrected chi connectivity index (χ2v) is 4.03. The van der Waals surface area contributed by atoms with Crippen molar-refractivity contribution in [3.05, 3.63) is 0 Å². The first-order valence-corrected chi connectivity index (χ1v) is 4.86. The van der Waals surface area contributed by atoms with Crippen molar-refractivity contribution in [1.82, 2.24) is 10.2 Å². The van der Waals surface area contributed by atoms with Crippen LogP contribution in [0.15, 0.2) is 0 Å². The lowest BCUT2D eigenvalue weighted by molar-refractivity contribution is 0.0446. The Hall–Kier alpha value is -0.150. The van der Waals surface area contributed by atoms with Crippen LogP contribution in [0.2, 0.25) is 0 Å². The average Bonchev–Trinajstić information content (AvgIpc) is 2.59. The first kappa shape index (κ1) is 8.45. The Morgan fingerprint density at radius 1 is 1.50 bits per heavy atom. The van der Waals surface area contributed by atoms with Crippen molar-refractivity contribution in [1.29, 1.82) is 0 Å². The van der Waals surface area contributed by atoms with Crippen LogP contribution in [0.3, 0.4) is 0 Å². The smallest absolute Gasteiger partial charge is 0.177 e. The first-order valence-electron chi connectivity index (χ1n) is 4.86. The molecule has 2 unspecified atom stereocenters. The van der Waals surface area contributed by atoms with Crippen LogP contribution in [-0.2, 0) is 0 Å². The van der Waals surface area contributed by atoms with Crippen LogP contribution in [0.25, 0.3) is 0 Å². The van der Waals surface area contributed by atoms with Gasteiger partial charge in [0, 0.05) is 0 Å². The van der Waals surface area contributed by atoms with Crippen molar-refractivity contribution in [3.8, 4) is 0 Å². The summed E-state index contributed by atoms with van der Waals surface area (Å²) in [6.07, 6.45) is 3.84. The molecule has 3 heteroatoms. The van der Waals surface area contributed by atoms with E-state index >= 15 is 0 Å². The molecule has 2 aliphatic rings. The van der Waals surface area contributed by atoms with E-state index < -0.39 is 5.79 Å². The minimum atomic E-state index is -1.08. The van der Waals surface area contributed by atoms with Gasteiger partial charge in [0.1, 0.15) is 0 Å². The van der Waals surface area contributed by atoms with Gasteiger partial charge in [0.15, 0.2) is 5.79 Å². The molecule has 0 aromatic heterocycles. The summed E-state index contributed by atoms with van der Waals surface area (Å²) in [4.78, 5) is 2.15. The number of nitrogens with zero attached hydrogens (tertiary/aromatic N) is 1. The highest BCUT2D eigenvalue weighted by molar-refractivity contribution is 4.97. The van der Waals surface area contributed by atoms with Crippen LogP contribution in [0, 0.1) is 0 Å². The molecule has 2 nitrogen and oxygen atoms in total. The highest BCUT2D eigenvalue weighted by Crippen LogP contribution is 2.33. The minimum Gasteiger partial charge on any atom is -0.299 e. The van der Waals surface area contributed by atoms with E-state index in [1.807, 2.05) is 7.05 Å². The second kappa shape index (κ2) is 2.96. The van der Waals surface area contributed by atoms with Gasteiger partial charge in [-0.1, -0.05) is 0 Å². The topological polar surface area (TPSA) is 15.3 Å². The van der Waals surface area contributed by atoms with Crippen molar-refractivity contribution in [2.24, 2.45) is 0 Å². The minimum absolute atomic E-state index is 0.125. The molecule has 0 amide bonds. The number of likely N-dealkylation sites (N-methyl/N-ethyl adjacent to an activating group) is 1. The van der Waals surface area contributed by atoms with Crippen LogP contribution in [0.1, 0.15) is 25.7 Å². The molecule has 2 atom stereocenters. The maximum absolute atomic E-state index is 14.1. The maximum Gasteiger partial charge on any atom is 0.177 e. The Kier molecular flexibility index (Phi) is 2.09. The third kappa shape index (κ3) is 1.25. The number of rotatable bonds is 1. The molecule has 0 aliphatic carbocycles. The molecule has 0 aromatic carbocycles. The largest absolute Gasteiger partial charge is 0.299 e. The molecule has 2 heterocycles. The van der Waals surface area contributed by atoms with Crippen LogP contribution in [0.4, 0.5) is 4.39 Å². The van der Waals surface area contributed by atoms with E-state index in [-0.39, 0.29) is 6.04 Å². The summed E-state index contributed by atoms with van der Waals surface area (Å²) < 4.78 is 14.1. The van der Waals surface area contributed by atoms with Gasteiger partial charge in [-0.15, -0.1) is 0 Å².